The standard InChI is InChI=1S/C15H25N5O.HI/c1-3-16-15(18-10-13-6-4-5-7-17-13)19-11-14-12-20(2)8-9-21-14;/h4-7,14H,3,8-12H2,1-2H3,(H2,16,18,19);1H. The van der Waals surface area contributed by atoms with Gasteiger partial charge in [-0.3, -0.25) is 4.98 Å². The van der Waals surface area contributed by atoms with Crippen LogP contribution < -0.4 is 10.6 Å². The fraction of sp³-hybridized carbons (Fsp3) is 0.600. The maximum Gasteiger partial charge on any atom is 0.191 e. The molecule has 1 aromatic heterocycles. The lowest BCUT2D eigenvalue weighted by Crippen LogP contribution is -2.48. The average molecular weight is 419 g/mol. The Bertz CT molecular complexity index is 443. The zero-order valence-corrected chi connectivity index (χ0v) is 15.6. The number of nitrogens with one attached hydrogen (secondary N) is 2. The third kappa shape index (κ3) is 6.89. The summed E-state index contributed by atoms with van der Waals surface area (Å²) in [7, 11) is 2.12. The molecule has 0 aliphatic carbocycles. The molecule has 124 valence electrons. The van der Waals surface area contributed by atoms with E-state index in [-0.39, 0.29) is 30.1 Å². The van der Waals surface area contributed by atoms with Gasteiger partial charge in [0, 0.05) is 32.4 Å². The lowest BCUT2D eigenvalue weighted by molar-refractivity contribution is -0.0161. The van der Waals surface area contributed by atoms with Crippen LogP contribution in [0.1, 0.15) is 12.6 Å². The van der Waals surface area contributed by atoms with Crippen LogP contribution in [0, 0.1) is 0 Å². The third-order valence-corrected chi connectivity index (χ3v) is 3.31. The summed E-state index contributed by atoms with van der Waals surface area (Å²) >= 11 is 0. The van der Waals surface area contributed by atoms with Crippen molar-refractivity contribution < 1.29 is 4.74 Å². The van der Waals surface area contributed by atoms with Gasteiger partial charge in [0.2, 0.25) is 0 Å². The number of halogens is 1. The van der Waals surface area contributed by atoms with Crippen molar-refractivity contribution in [1.29, 1.82) is 0 Å². The molecular weight excluding hydrogens is 393 g/mol. The highest BCUT2D eigenvalue weighted by Crippen LogP contribution is 2.01. The molecule has 1 unspecified atom stereocenters. The summed E-state index contributed by atoms with van der Waals surface area (Å²) in [6.45, 7) is 6.98. The van der Waals surface area contributed by atoms with E-state index in [0.717, 1.165) is 44.4 Å². The van der Waals surface area contributed by atoms with Crippen molar-refractivity contribution in [2.75, 3.05) is 39.8 Å². The van der Waals surface area contributed by atoms with Crippen molar-refractivity contribution in [3.63, 3.8) is 0 Å². The molecule has 0 bridgehead atoms. The first-order valence-electron chi connectivity index (χ1n) is 7.50. The number of hydrogen-bond acceptors (Lipinski definition) is 4. The van der Waals surface area contributed by atoms with Crippen LogP contribution in [0.5, 0.6) is 0 Å². The van der Waals surface area contributed by atoms with E-state index >= 15 is 0 Å². The average Bonchev–Trinajstić information content (AvgIpc) is 2.51. The third-order valence-electron chi connectivity index (χ3n) is 3.31. The molecule has 0 amide bonds. The lowest BCUT2D eigenvalue weighted by Gasteiger charge is -2.30. The van der Waals surface area contributed by atoms with E-state index in [2.05, 4.69) is 39.5 Å². The largest absolute Gasteiger partial charge is 0.374 e. The minimum Gasteiger partial charge on any atom is -0.374 e. The summed E-state index contributed by atoms with van der Waals surface area (Å²) < 4.78 is 5.74. The number of guanidine groups is 1. The second kappa shape index (κ2) is 10.7. The Morgan fingerprint density at radius 1 is 1.45 bits per heavy atom. The summed E-state index contributed by atoms with van der Waals surface area (Å²) in [5.41, 5.74) is 0.961. The number of hydrogen-bond donors (Lipinski definition) is 2. The van der Waals surface area contributed by atoms with E-state index in [4.69, 9.17) is 4.74 Å². The molecule has 6 nitrogen and oxygen atoms in total. The molecule has 2 heterocycles. The zero-order chi connectivity index (χ0) is 14.9. The zero-order valence-electron chi connectivity index (χ0n) is 13.3. The van der Waals surface area contributed by atoms with Gasteiger partial charge in [0.05, 0.1) is 24.9 Å². The summed E-state index contributed by atoms with van der Waals surface area (Å²) in [6.07, 6.45) is 2.00. The number of ether oxygens (including phenoxy) is 1. The Morgan fingerprint density at radius 2 is 2.32 bits per heavy atom. The van der Waals surface area contributed by atoms with Crippen LogP contribution in [0.15, 0.2) is 29.4 Å². The van der Waals surface area contributed by atoms with Crippen molar-refractivity contribution in [3.05, 3.63) is 30.1 Å². The molecule has 0 spiro atoms. The van der Waals surface area contributed by atoms with Gasteiger partial charge in [-0.2, -0.15) is 0 Å². The van der Waals surface area contributed by atoms with Crippen LogP contribution >= 0.6 is 24.0 Å². The van der Waals surface area contributed by atoms with Crippen molar-refractivity contribution >= 4 is 29.9 Å². The molecule has 1 aromatic rings. The van der Waals surface area contributed by atoms with Crippen molar-refractivity contribution in [1.82, 2.24) is 20.5 Å². The molecule has 22 heavy (non-hydrogen) atoms. The molecular formula is C15H26IN5O. The van der Waals surface area contributed by atoms with Gasteiger partial charge in [-0.15, -0.1) is 24.0 Å². The summed E-state index contributed by atoms with van der Waals surface area (Å²) in [4.78, 5) is 11.1. The Morgan fingerprint density at radius 3 is 3.00 bits per heavy atom. The Kier molecular flexibility index (Phi) is 9.33. The fourth-order valence-corrected chi connectivity index (χ4v) is 2.19. The van der Waals surface area contributed by atoms with Gasteiger partial charge in [0.1, 0.15) is 0 Å². The van der Waals surface area contributed by atoms with Crippen LogP contribution in [-0.2, 0) is 11.3 Å². The van der Waals surface area contributed by atoms with Crippen molar-refractivity contribution in [3.8, 4) is 0 Å². The number of rotatable bonds is 5. The quantitative estimate of drug-likeness (QED) is 0.425. The first-order valence-corrected chi connectivity index (χ1v) is 7.50. The molecule has 1 aliphatic rings. The predicted octanol–water partition coefficient (Wildman–Crippen LogP) is 1.09. The Balaban J connectivity index is 0.00000242. The minimum absolute atomic E-state index is 0. The topological polar surface area (TPSA) is 61.8 Å². The number of aromatic nitrogens is 1. The maximum absolute atomic E-state index is 5.74. The van der Waals surface area contributed by atoms with Crippen LogP contribution in [0.2, 0.25) is 0 Å². The Labute approximate surface area is 149 Å². The van der Waals surface area contributed by atoms with Crippen LogP contribution in [0.25, 0.3) is 0 Å². The fourth-order valence-electron chi connectivity index (χ4n) is 2.19. The lowest BCUT2D eigenvalue weighted by atomic mass is 10.3. The molecule has 7 heteroatoms. The monoisotopic (exact) mass is 419 g/mol. The second-order valence-electron chi connectivity index (χ2n) is 5.15. The number of likely N-dealkylation sites (N-methyl/N-ethyl adjacent to an activating group) is 1. The van der Waals surface area contributed by atoms with Gasteiger partial charge >= 0.3 is 0 Å². The highest BCUT2D eigenvalue weighted by Gasteiger charge is 2.17. The highest BCUT2D eigenvalue weighted by molar-refractivity contribution is 14.0. The summed E-state index contributed by atoms with van der Waals surface area (Å²) in [5, 5.41) is 6.59. The molecule has 1 saturated heterocycles. The molecule has 1 fully saturated rings. The van der Waals surface area contributed by atoms with Gasteiger partial charge in [-0.1, -0.05) is 6.07 Å². The van der Waals surface area contributed by atoms with Gasteiger partial charge in [0.25, 0.3) is 0 Å². The van der Waals surface area contributed by atoms with Gasteiger partial charge < -0.3 is 20.3 Å². The molecule has 0 aromatic carbocycles. The van der Waals surface area contributed by atoms with E-state index in [1.165, 1.54) is 0 Å². The smallest absolute Gasteiger partial charge is 0.191 e. The van der Waals surface area contributed by atoms with E-state index in [1.807, 2.05) is 18.2 Å². The van der Waals surface area contributed by atoms with Gasteiger partial charge in [-0.25, -0.2) is 4.99 Å². The number of pyridine rings is 1. The maximum atomic E-state index is 5.74. The van der Waals surface area contributed by atoms with E-state index in [0.29, 0.717) is 6.54 Å². The van der Waals surface area contributed by atoms with Crippen LogP contribution in [-0.4, -0.2) is 61.8 Å². The van der Waals surface area contributed by atoms with Crippen molar-refractivity contribution in [2.45, 2.75) is 19.6 Å². The SMILES string of the molecule is CCNC(=NCc1ccccn1)NCC1CN(C)CCO1.I. The molecule has 1 aliphatic heterocycles. The Hall–Kier alpha value is -0.930. The molecule has 2 N–H and O–H groups in total. The molecule has 1 atom stereocenters. The first-order chi connectivity index (χ1) is 10.3. The van der Waals surface area contributed by atoms with E-state index < -0.39 is 0 Å². The minimum atomic E-state index is 0. The van der Waals surface area contributed by atoms with Crippen molar-refractivity contribution in [2.24, 2.45) is 4.99 Å². The van der Waals surface area contributed by atoms with Gasteiger partial charge in [-0.05, 0) is 26.1 Å². The molecule has 0 radical (unpaired) electrons. The van der Waals surface area contributed by atoms with E-state index in [1.54, 1.807) is 6.20 Å². The second-order valence-corrected chi connectivity index (χ2v) is 5.15. The molecule has 2 rings (SSSR count). The summed E-state index contributed by atoms with van der Waals surface area (Å²) in [6, 6.07) is 5.86. The normalized spacial score (nSPS) is 19.4. The number of aliphatic imine (C=N–C) groups is 1. The number of nitrogens with zero attached hydrogens (tertiary/aromatic N) is 3. The van der Waals surface area contributed by atoms with Gasteiger partial charge in [0.15, 0.2) is 5.96 Å². The summed E-state index contributed by atoms with van der Waals surface area (Å²) in [5.74, 6) is 0.806. The predicted molar refractivity (Wildman–Crippen MR) is 99.7 cm³/mol. The highest BCUT2D eigenvalue weighted by atomic mass is 127. The first kappa shape index (κ1) is 19.1. The van der Waals surface area contributed by atoms with E-state index in [9.17, 15) is 0 Å². The number of morpholine rings is 1. The van der Waals surface area contributed by atoms with Crippen LogP contribution in [0.4, 0.5) is 0 Å². The van der Waals surface area contributed by atoms with Crippen LogP contribution in [0.3, 0.4) is 0 Å². The molecule has 0 saturated carbocycles.